The van der Waals surface area contributed by atoms with E-state index < -0.39 is 17.8 Å². The Morgan fingerprint density at radius 2 is 1.86 bits per heavy atom. The largest absolute Gasteiger partial charge is 0.481 e. The molecule has 0 bridgehead atoms. The van der Waals surface area contributed by atoms with E-state index in [4.69, 9.17) is 21.4 Å². The molecule has 2 aromatic carbocycles. The van der Waals surface area contributed by atoms with Gasteiger partial charge in [-0.15, -0.1) is 0 Å². The molecule has 35 heavy (non-hydrogen) atoms. The number of nitrogens with zero attached hydrogens (tertiary/aromatic N) is 1. The van der Waals surface area contributed by atoms with E-state index in [-0.39, 0.29) is 35.2 Å². The molecule has 1 saturated carbocycles. The summed E-state index contributed by atoms with van der Waals surface area (Å²) in [6.45, 7) is 0.895. The van der Waals surface area contributed by atoms with Gasteiger partial charge in [-0.1, -0.05) is 23.7 Å². The molecule has 10 heteroatoms. The lowest BCUT2D eigenvalue weighted by Crippen LogP contribution is -2.39. The third-order valence-electron chi connectivity index (χ3n) is 6.46. The van der Waals surface area contributed by atoms with Crippen LogP contribution >= 0.6 is 11.6 Å². The normalized spacial score (nSPS) is 19.4. The van der Waals surface area contributed by atoms with Gasteiger partial charge in [0.2, 0.25) is 0 Å². The first kappa shape index (κ1) is 24.8. The Balaban J connectivity index is 1.28. The van der Waals surface area contributed by atoms with Gasteiger partial charge in [0.05, 0.1) is 10.7 Å². The fraction of sp³-hybridized carbons (Fsp3) is 0.400. The second kappa shape index (κ2) is 10.9. The zero-order chi connectivity index (χ0) is 24.9. The number of halogens is 2. The van der Waals surface area contributed by atoms with Crippen molar-refractivity contribution in [2.24, 2.45) is 5.92 Å². The Hall–Kier alpha value is -3.33. The number of hydrogen-bond donors (Lipinski definition) is 3. The fourth-order valence-corrected chi connectivity index (χ4v) is 4.76. The van der Waals surface area contributed by atoms with Gasteiger partial charge in [-0.2, -0.15) is 0 Å². The number of amides is 3. The van der Waals surface area contributed by atoms with Crippen molar-refractivity contribution in [2.75, 3.05) is 17.2 Å². The highest BCUT2D eigenvalue weighted by molar-refractivity contribution is 6.31. The minimum atomic E-state index is -0.786. The minimum Gasteiger partial charge on any atom is -0.481 e. The molecule has 8 nitrogen and oxygen atoms in total. The molecule has 2 aromatic rings. The molecule has 2 aliphatic rings. The summed E-state index contributed by atoms with van der Waals surface area (Å²) < 4.78 is 19.7. The van der Waals surface area contributed by atoms with Crippen LogP contribution in [0.5, 0.6) is 0 Å². The van der Waals surface area contributed by atoms with E-state index in [1.807, 2.05) is 12.1 Å². The third kappa shape index (κ3) is 6.42. The van der Waals surface area contributed by atoms with Gasteiger partial charge in [0, 0.05) is 25.2 Å². The number of benzene rings is 2. The van der Waals surface area contributed by atoms with Crippen molar-refractivity contribution in [3.8, 4) is 0 Å². The van der Waals surface area contributed by atoms with Crippen LogP contribution in [0.2, 0.25) is 5.02 Å². The molecule has 1 aliphatic carbocycles. The zero-order valence-electron chi connectivity index (χ0n) is 19.1. The number of nitrogens with one attached hydrogen (secondary N) is 2. The topological polar surface area (TPSA) is 108 Å². The van der Waals surface area contributed by atoms with Gasteiger partial charge in [-0.3, -0.25) is 4.79 Å². The van der Waals surface area contributed by atoms with Crippen LogP contribution in [0.1, 0.15) is 43.2 Å². The quantitative estimate of drug-likeness (QED) is 0.488. The predicted molar refractivity (Wildman–Crippen MR) is 129 cm³/mol. The van der Waals surface area contributed by atoms with Crippen LogP contribution in [0.4, 0.5) is 25.4 Å². The Kier molecular flexibility index (Phi) is 7.75. The molecule has 186 valence electrons. The number of carboxylic acids is 1. The Morgan fingerprint density at radius 1 is 1.09 bits per heavy atom. The van der Waals surface area contributed by atoms with Crippen molar-refractivity contribution in [3.63, 3.8) is 0 Å². The summed E-state index contributed by atoms with van der Waals surface area (Å²) in [5, 5.41) is 14.0. The molecular formula is C25H27ClFN3O5. The molecule has 1 fully saturated rings. The lowest BCUT2D eigenvalue weighted by atomic mass is 9.85. The number of carboxylic acid groups (broad SMARTS) is 1. The monoisotopic (exact) mass is 503 g/mol. The number of aliphatic carboxylic acids is 1. The van der Waals surface area contributed by atoms with Crippen molar-refractivity contribution < 1.29 is 28.6 Å². The lowest BCUT2D eigenvalue weighted by molar-refractivity contribution is -0.138. The summed E-state index contributed by atoms with van der Waals surface area (Å²) in [5.41, 5.74) is 2.51. The number of carbonyl (C=O) groups excluding carboxylic acids is 2. The molecule has 0 atom stereocenters. The van der Waals surface area contributed by atoms with Gasteiger partial charge in [0.1, 0.15) is 6.10 Å². The van der Waals surface area contributed by atoms with Crippen molar-refractivity contribution in [2.45, 2.75) is 51.2 Å². The van der Waals surface area contributed by atoms with Crippen molar-refractivity contribution in [1.29, 1.82) is 0 Å². The molecule has 0 saturated heterocycles. The van der Waals surface area contributed by atoms with Crippen LogP contribution in [0.3, 0.4) is 0 Å². The number of carbonyl (C=O) groups is 3. The molecular weight excluding hydrogens is 477 g/mol. The number of anilines is 2. The highest BCUT2D eigenvalue weighted by atomic mass is 35.5. The third-order valence-corrected chi connectivity index (χ3v) is 6.75. The average Bonchev–Trinajstić information content (AvgIpc) is 2.82. The number of rotatable bonds is 5. The number of ether oxygens (including phenoxy) is 1. The molecule has 0 unspecified atom stereocenters. The molecule has 0 aromatic heterocycles. The highest BCUT2D eigenvalue weighted by Gasteiger charge is 2.28. The first-order valence-corrected chi connectivity index (χ1v) is 12.0. The van der Waals surface area contributed by atoms with Gasteiger partial charge < -0.3 is 25.4 Å². The van der Waals surface area contributed by atoms with E-state index in [0.717, 1.165) is 24.0 Å². The Labute approximate surface area is 207 Å². The van der Waals surface area contributed by atoms with E-state index >= 15 is 0 Å². The molecule has 0 spiro atoms. The number of urea groups is 1. The summed E-state index contributed by atoms with van der Waals surface area (Å²) >= 11 is 5.74. The van der Waals surface area contributed by atoms with Gasteiger partial charge in [0.25, 0.3) is 0 Å². The summed E-state index contributed by atoms with van der Waals surface area (Å²) in [6.07, 6.45) is 3.11. The Morgan fingerprint density at radius 3 is 2.60 bits per heavy atom. The zero-order valence-corrected chi connectivity index (χ0v) is 19.8. The second-order valence-corrected chi connectivity index (χ2v) is 9.37. The van der Waals surface area contributed by atoms with Crippen LogP contribution in [-0.2, 0) is 22.5 Å². The van der Waals surface area contributed by atoms with Crippen LogP contribution in [0.25, 0.3) is 0 Å². The fourth-order valence-electron chi connectivity index (χ4n) is 4.59. The van der Waals surface area contributed by atoms with Crippen molar-refractivity contribution >= 4 is 41.1 Å². The first-order valence-electron chi connectivity index (χ1n) is 11.6. The smallest absolute Gasteiger partial charge is 0.410 e. The van der Waals surface area contributed by atoms with Gasteiger partial charge >= 0.3 is 18.1 Å². The Bertz CT molecular complexity index is 1120. The van der Waals surface area contributed by atoms with Crippen LogP contribution in [0.15, 0.2) is 36.4 Å². The standard InChI is InChI=1S/C25H27ClFN3O5/c26-20-2-1-3-21(23(20)27)29-24(33)28-18-7-6-17-14-30(11-10-16(17)13-18)25(34)35-19-8-4-15(5-9-19)12-22(31)32/h1-3,6-7,13,15,19H,4-5,8-12,14H2,(H,31,32)(H2,28,29,33)/t15-,19-. The van der Waals surface area contributed by atoms with E-state index in [0.29, 0.717) is 38.0 Å². The maximum absolute atomic E-state index is 14.0. The van der Waals surface area contributed by atoms with E-state index in [2.05, 4.69) is 10.6 Å². The molecule has 4 rings (SSSR count). The maximum atomic E-state index is 14.0. The van der Waals surface area contributed by atoms with Crippen LogP contribution < -0.4 is 10.6 Å². The van der Waals surface area contributed by atoms with Crippen molar-refractivity contribution in [3.05, 3.63) is 58.4 Å². The molecule has 3 amide bonds. The second-order valence-electron chi connectivity index (χ2n) is 8.96. The molecule has 3 N–H and O–H groups in total. The predicted octanol–water partition coefficient (Wildman–Crippen LogP) is 5.65. The van der Waals surface area contributed by atoms with E-state index in [9.17, 15) is 18.8 Å². The minimum absolute atomic E-state index is 0.0162. The first-order chi connectivity index (χ1) is 16.8. The van der Waals surface area contributed by atoms with Crippen molar-refractivity contribution in [1.82, 2.24) is 4.90 Å². The summed E-state index contributed by atoms with van der Waals surface area (Å²) in [6, 6.07) is 9.19. The van der Waals surface area contributed by atoms with Gasteiger partial charge in [-0.25, -0.2) is 14.0 Å². The summed E-state index contributed by atoms with van der Waals surface area (Å²) in [7, 11) is 0. The number of fused-ring (bicyclic) bond motifs is 1. The number of hydrogen-bond acceptors (Lipinski definition) is 4. The SMILES string of the molecule is O=C(O)C[C@H]1CC[C@H](OC(=O)N2CCc3cc(NC(=O)Nc4cccc(Cl)c4F)ccc3C2)CC1. The van der Waals surface area contributed by atoms with Crippen LogP contribution in [0, 0.1) is 11.7 Å². The van der Waals surface area contributed by atoms with E-state index in [1.165, 1.54) is 12.1 Å². The highest BCUT2D eigenvalue weighted by Crippen LogP contribution is 2.30. The van der Waals surface area contributed by atoms with Gasteiger partial charge in [-0.05, 0) is 73.4 Å². The van der Waals surface area contributed by atoms with E-state index in [1.54, 1.807) is 17.0 Å². The molecule has 1 heterocycles. The molecule has 1 aliphatic heterocycles. The molecule has 0 radical (unpaired) electrons. The lowest BCUT2D eigenvalue weighted by Gasteiger charge is -2.32. The average molecular weight is 504 g/mol. The summed E-state index contributed by atoms with van der Waals surface area (Å²) in [4.78, 5) is 37.5. The maximum Gasteiger partial charge on any atom is 0.410 e. The summed E-state index contributed by atoms with van der Waals surface area (Å²) in [5.74, 6) is -1.33. The van der Waals surface area contributed by atoms with Crippen LogP contribution in [-0.4, -0.2) is 40.7 Å². The van der Waals surface area contributed by atoms with Gasteiger partial charge in [0.15, 0.2) is 5.82 Å².